The summed E-state index contributed by atoms with van der Waals surface area (Å²) in [5, 5.41) is 5.95. The number of carbonyl (C=O) groups is 1. The van der Waals surface area contributed by atoms with E-state index in [1.807, 2.05) is 0 Å². The van der Waals surface area contributed by atoms with Gasteiger partial charge in [-0.3, -0.25) is 9.79 Å². The first-order chi connectivity index (χ1) is 8.24. The van der Waals surface area contributed by atoms with Crippen LogP contribution >= 0.6 is 0 Å². The van der Waals surface area contributed by atoms with Crippen molar-refractivity contribution < 1.29 is 9.18 Å². The van der Waals surface area contributed by atoms with Crippen molar-refractivity contribution in [2.24, 2.45) is 10.9 Å². The highest BCUT2D eigenvalue weighted by molar-refractivity contribution is 6.13. The number of halogens is 1. The lowest BCUT2D eigenvalue weighted by molar-refractivity contribution is -0.118. The molecule has 2 aliphatic heterocycles. The van der Waals surface area contributed by atoms with Gasteiger partial charge in [0.25, 0.3) is 0 Å². The number of amides is 1. The highest BCUT2D eigenvalue weighted by atomic mass is 19.1. The lowest BCUT2D eigenvalue weighted by Crippen LogP contribution is -2.42. The van der Waals surface area contributed by atoms with E-state index in [-0.39, 0.29) is 17.6 Å². The molecule has 2 N–H and O–H groups in total. The molecule has 1 amide bonds. The predicted molar refractivity (Wildman–Crippen MR) is 63.1 cm³/mol. The summed E-state index contributed by atoms with van der Waals surface area (Å²) < 4.78 is 13.2. The van der Waals surface area contributed by atoms with E-state index >= 15 is 0 Å². The van der Waals surface area contributed by atoms with Crippen LogP contribution in [0.5, 0.6) is 0 Å². The van der Waals surface area contributed by atoms with Gasteiger partial charge in [-0.2, -0.15) is 0 Å². The summed E-state index contributed by atoms with van der Waals surface area (Å²) in [6, 6.07) is 4.23. The van der Waals surface area contributed by atoms with Crippen LogP contribution in [0.4, 0.5) is 15.8 Å². The Balaban J connectivity index is 2.09. The van der Waals surface area contributed by atoms with Crippen LogP contribution in [-0.2, 0) is 4.79 Å². The van der Waals surface area contributed by atoms with E-state index in [4.69, 9.17) is 0 Å². The fourth-order valence-corrected chi connectivity index (χ4v) is 2.21. The van der Waals surface area contributed by atoms with Gasteiger partial charge in [-0.15, -0.1) is 0 Å². The minimum atomic E-state index is -0.338. The smallest absolute Gasteiger partial charge is 0.234 e. The van der Waals surface area contributed by atoms with Gasteiger partial charge >= 0.3 is 0 Å². The molecular formula is C12H12FN3O. The number of nitrogens with zero attached hydrogens (tertiary/aromatic N) is 1. The summed E-state index contributed by atoms with van der Waals surface area (Å²) in [6.45, 7) is 1.41. The van der Waals surface area contributed by atoms with Gasteiger partial charge in [0.05, 0.1) is 17.3 Å². The van der Waals surface area contributed by atoms with E-state index in [0.29, 0.717) is 17.9 Å². The van der Waals surface area contributed by atoms with E-state index in [1.165, 1.54) is 12.1 Å². The Morgan fingerprint density at radius 3 is 3.18 bits per heavy atom. The quantitative estimate of drug-likeness (QED) is 0.712. The van der Waals surface area contributed by atoms with Crippen LogP contribution in [0.25, 0.3) is 0 Å². The number of rotatable bonds is 0. The van der Waals surface area contributed by atoms with Crippen molar-refractivity contribution in [3.8, 4) is 0 Å². The molecule has 88 valence electrons. The third-order valence-corrected chi connectivity index (χ3v) is 3.11. The number of hydrogen-bond acceptors (Lipinski definition) is 3. The molecule has 3 rings (SSSR count). The molecule has 1 saturated heterocycles. The number of fused-ring (bicyclic) bond motifs is 2. The Bertz CT molecular complexity index is 512. The van der Waals surface area contributed by atoms with Gasteiger partial charge in [0.1, 0.15) is 5.82 Å². The fraction of sp³-hybridized carbons (Fsp3) is 0.333. The summed E-state index contributed by atoms with van der Waals surface area (Å²) in [5.41, 5.74) is 1.93. The van der Waals surface area contributed by atoms with Crippen LogP contribution in [0.1, 0.15) is 6.42 Å². The van der Waals surface area contributed by atoms with Crippen LogP contribution in [0, 0.1) is 11.7 Å². The SMILES string of the molecule is O=C1Nc2ccc(F)cc2N=C2CCNCC12. The second-order valence-electron chi connectivity index (χ2n) is 4.26. The molecule has 5 heteroatoms. The number of carbonyl (C=O) groups excluding carboxylic acids is 1. The average Bonchev–Trinajstić information content (AvgIpc) is 2.46. The highest BCUT2D eigenvalue weighted by Gasteiger charge is 2.30. The molecule has 2 aliphatic rings. The molecule has 1 atom stereocenters. The molecule has 0 aromatic heterocycles. The third kappa shape index (κ3) is 1.82. The minimum Gasteiger partial charge on any atom is -0.324 e. The Morgan fingerprint density at radius 2 is 2.29 bits per heavy atom. The van der Waals surface area contributed by atoms with Crippen molar-refractivity contribution in [3.05, 3.63) is 24.0 Å². The third-order valence-electron chi connectivity index (χ3n) is 3.11. The van der Waals surface area contributed by atoms with E-state index in [1.54, 1.807) is 6.07 Å². The molecular weight excluding hydrogens is 221 g/mol. The molecule has 1 aromatic carbocycles. The van der Waals surface area contributed by atoms with E-state index in [9.17, 15) is 9.18 Å². The van der Waals surface area contributed by atoms with E-state index in [0.717, 1.165) is 18.7 Å². The van der Waals surface area contributed by atoms with Gasteiger partial charge in [0.2, 0.25) is 5.91 Å². The first-order valence-corrected chi connectivity index (χ1v) is 5.62. The van der Waals surface area contributed by atoms with Crippen molar-refractivity contribution in [1.29, 1.82) is 0 Å². The van der Waals surface area contributed by atoms with Gasteiger partial charge in [0, 0.05) is 24.9 Å². The van der Waals surface area contributed by atoms with Crippen molar-refractivity contribution in [3.63, 3.8) is 0 Å². The second kappa shape index (κ2) is 3.92. The van der Waals surface area contributed by atoms with Crippen LogP contribution in [0.2, 0.25) is 0 Å². The second-order valence-corrected chi connectivity index (χ2v) is 4.26. The molecule has 0 spiro atoms. The fourth-order valence-electron chi connectivity index (χ4n) is 2.21. The van der Waals surface area contributed by atoms with Gasteiger partial charge in [0.15, 0.2) is 0 Å². The van der Waals surface area contributed by atoms with Crippen LogP contribution in [-0.4, -0.2) is 24.7 Å². The molecule has 2 heterocycles. The Kier molecular flexibility index (Phi) is 2.40. The predicted octanol–water partition coefficient (Wildman–Crippen LogP) is 1.46. The number of piperidine rings is 1. The molecule has 0 radical (unpaired) electrons. The van der Waals surface area contributed by atoms with Crippen LogP contribution in [0.3, 0.4) is 0 Å². The average molecular weight is 233 g/mol. The Morgan fingerprint density at radius 1 is 1.41 bits per heavy atom. The Hall–Kier alpha value is -1.75. The summed E-state index contributed by atoms with van der Waals surface area (Å²) in [4.78, 5) is 16.4. The van der Waals surface area contributed by atoms with Crippen molar-refractivity contribution in [1.82, 2.24) is 5.32 Å². The van der Waals surface area contributed by atoms with Crippen molar-refractivity contribution >= 4 is 23.0 Å². The first kappa shape index (κ1) is 10.4. The summed E-state index contributed by atoms with van der Waals surface area (Å²) in [5.74, 6) is -0.643. The zero-order valence-electron chi connectivity index (χ0n) is 9.16. The van der Waals surface area contributed by atoms with Gasteiger partial charge < -0.3 is 10.6 Å². The van der Waals surface area contributed by atoms with Crippen LogP contribution in [0.15, 0.2) is 23.2 Å². The lowest BCUT2D eigenvalue weighted by atomic mass is 9.96. The highest BCUT2D eigenvalue weighted by Crippen LogP contribution is 2.30. The normalized spacial score (nSPS) is 23.0. The summed E-state index contributed by atoms with van der Waals surface area (Å²) in [6.07, 6.45) is 0.730. The number of nitrogens with one attached hydrogen (secondary N) is 2. The molecule has 1 unspecified atom stereocenters. The molecule has 17 heavy (non-hydrogen) atoms. The molecule has 0 bridgehead atoms. The molecule has 0 aliphatic carbocycles. The maximum atomic E-state index is 13.2. The Labute approximate surface area is 97.9 Å². The minimum absolute atomic E-state index is 0.0682. The van der Waals surface area contributed by atoms with E-state index in [2.05, 4.69) is 15.6 Å². The van der Waals surface area contributed by atoms with Gasteiger partial charge in [-0.1, -0.05) is 0 Å². The first-order valence-electron chi connectivity index (χ1n) is 5.62. The molecule has 4 nitrogen and oxygen atoms in total. The van der Waals surface area contributed by atoms with E-state index < -0.39 is 0 Å². The monoisotopic (exact) mass is 233 g/mol. The van der Waals surface area contributed by atoms with Gasteiger partial charge in [-0.05, 0) is 18.6 Å². The number of benzene rings is 1. The summed E-state index contributed by atoms with van der Waals surface area (Å²) in [7, 11) is 0. The molecule has 0 saturated carbocycles. The zero-order valence-corrected chi connectivity index (χ0v) is 9.16. The number of aliphatic imine (C=N–C) groups is 1. The van der Waals surface area contributed by atoms with Crippen molar-refractivity contribution in [2.45, 2.75) is 6.42 Å². The van der Waals surface area contributed by atoms with Gasteiger partial charge in [-0.25, -0.2) is 4.39 Å². The summed E-state index contributed by atoms with van der Waals surface area (Å²) >= 11 is 0. The standard InChI is InChI=1S/C12H12FN3O/c13-7-1-2-10-11(5-7)15-9-3-4-14-6-8(9)12(17)16-10/h1-2,5,8,14H,3-4,6H2,(H,16,17). The molecule has 1 fully saturated rings. The van der Waals surface area contributed by atoms with Crippen molar-refractivity contribution in [2.75, 3.05) is 18.4 Å². The topological polar surface area (TPSA) is 53.5 Å². The number of hydrogen-bond donors (Lipinski definition) is 2. The zero-order chi connectivity index (χ0) is 11.8. The maximum Gasteiger partial charge on any atom is 0.234 e. The maximum absolute atomic E-state index is 13.2. The number of anilines is 1. The lowest BCUT2D eigenvalue weighted by Gasteiger charge is -2.22. The molecule has 1 aromatic rings. The van der Waals surface area contributed by atoms with Crippen LogP contribution < -0.4 is 10.6 Å². The largest absolute Gasteiger partial charge is 0.324 e.